The van der Waals surface area contributed by atoms with Gasteiger partial charge in [-0.15, -0.1) is 0 Å². The van der Waals surface area contributed by atoms with E-state index in [0.29, 0.717) is 13.1 Å². The summed E-state index contributed by atoms with van der Waals surface area (Å²) in [6.07, 6.45) is -2.75. The van der Waals surface area contributed by atoms with Gasteiger partial charge in [0.25, 0.3) is 0 Å². The van der Waals surface area contributed by atoms with Crippen molar-refractivity contribution in [2.24, 2.45) is 0 Å². The van der Waals surface area contributed by atoms with Gasteiger partial charge in [0.15, 0.2) is 0 Å². The zero-order chi connectivity index (χ0) is 21.5. The van der Waals surface area contributed by atoms with E-state index >= 15 is 0 Å². The minimum absolute atomic E-state index is 0. The number of hydrogen-bond donors (Lipinski definition) is 0. The van der Waals surface area contributed by atoms with Crippen LogP contribution in [0.15, 0.2) is 36.9 Å². The fraction of sp³-hybridized carbons (Fsp3) is 0.250. The Hall–Kier alpha value is -2.63. The van der Waals surface area contributed by atoms with Gasteiger partial charge in [0, 0.05) is 13.1 Å². The largest absolute Gasteiger partial charge is 4.00 e. The maximum Gasteiger partial charge on any atom is 4.00 e. The zero-order valence-electron chi connectivity index (χ0n) is 15.2. The molecular formula is C16H12F6N8Pt. The van der Waals surface area contributed by atoms with E-state index in [0.717, 1.165) is 12.1 Å². The van der Waals surface area contributed by atoms with Crippen molar-refractivity contribution in [1.29, 1.82) is 0 Å². The Balaban J connectivity index is 0.00000272. The number of nitrogens with zero attached hydrogens (tertiary/aromatic N) is 8. The van der Waals surface area contributed by atoms with Crippen LogP contribution < -0.4 is 20.0 Å². The van der Waals surface area contributed by atoms with Crippen molar-refractivity contribution in [3.8, 4) is 0 Å². The predicted molar refractivity (Wildman–Crippen MR) is 90.4 cm³/mol. The molecular weight excluding hydrogens is 613 g/mol. The Bertz CT molecular complexity index is 872. The molecule has 15 heteroatoms. The van der Waals surface area contributed by atoms with Gasteiger partial charge in [0.2, 0.25) is 0 Å². The molecule has 168 valence electrons. The number of alkyl halides is 6. The minimum atomic E-state index is -4.56. The van der Waals surface area contributed by atoms with E-state index in [4.69, 9.17) is 0 Å². The SMILES string of the molecule is FC(F)(F)c1cc(N2C=CN(CCN3C=CN(c4cc(C(F)(F)F)n[n-]4)[CH-]3)[CH-]2)[n-]n1.[Pt+4]. The van der Waals surface area contributed by atoms with Gasteiger partial charge in [-0.05, 0) is 24.5 Å². The van der Waals surface area contributed by atoms with E-state index < -0.39 is 23.7 Å². The monoisotopic (exact) mass is 625 g/mol. The second kappa shape index (κ2) is 8.48. The number of aromatic nitrogens is 4. The number of rotatable bonds is 5. The molecule has 31 heavy (non-hydrogen) atoms. The van der Waals surface area contributed by atoms with Crippen LogP contribution in [0.1, 0.15) is 11.4 Å². The summed E-state index contributed by atoms with van der Waals surface area (Å²) in [4.78, 5) is 6.24. The molecule has 0 spiro atoms. The van der Waals surface area contributed by atoms with Gasteiger partial charge >= 0.3 is 33.4 Å². The molecule has 2 aromatic heterocycles. The van der Waals surface area contributed by atoms with Crippen molar-refractivity contribution in [2.45, 2.75) is 12.4 Å². The maximum absolute atomic E-state index is 12.6. The molecule has 8 nitrogen and oxygen atoms in total. The van der Waals surface area contributed by atoms with Gasteiger partial charge in [-0.1, -0.05) is 24.0 Å². The molecule has 0 aromatic carbocycles. The first kappa shape index (κ1) is 23.0. The molecule has 0 radical (unpaired) electrons. The van der Waals surface area contributed by atoms with Crippen LogP contribution in [-0.2, 0) is 33.4 Å². The van der Waals surface area contributed by atoms with Gasteiger partial charge < -0.3 is 29.8 Å². The van der Waals surface area contributed by atoms with Crippen LogP contribution in [0.2, 0.25) is 0 Å². The summed E-state index contributed by atoms with van der Waals surface area (Å²) in [7, 11) is 0. The molecule has 0 unspecified atom stereocenters. The third-order valence-electron chi connectivity index (χ3n) is 4.16. The molecule has 0 N–H and O–H groups in total. The average molecular weight is 625 g/mol. The third kappa shape index (κ3) is 5.17. The van der Waals surface area contributed by atoms with Crippen LogP contribution in [-0.4, -0.2) is 33.1 Å². The van der Waals surface area contributed by atoms with Crippen LogP contribution in [0, 0.1) is 13.3 Å². The van der Waals surface area contributed by atoms with Gasteiger partial charge in [-0.3, -0.25) is 10.2 Å². The summed E-state index contributed by atoms with van der Waals surface area (Å²) < 4.78 is 75.8. The second-order valence-electron chi connectivity index (χ2n) is 6.29. The molecule has 2 aromatic rings. The summed E-state index contributed by atoms with van der Waals surface area (Å²) in [5, 5.41) is 13.3. The van der Waals surface area contributed by atoms with Crippen LogP contribution in [0.4, 0.5) is 38.0 Å². The number of hydrogen-bond acceptors (Lipinski definition) is 6. The van der Waals surface area contributed by atoms with E-state index in [1.807, 2.05) is 0 Å². The Morgan fingerprint density at radius 2 is 1.10 bits per heavy atom. The summed E-state index contributed by atoms with van der Waals surface area (Å²) in [5.41, 5.74) is -2.14. The van der Waals surface area contributed by atoms with Gasteiger partial charge in [-0.2, -0.15) is 26.3 Å². The Morgan fingerprint density at radius 3 is 1.42 bits per heavy atom. The van der Waals surface area contributed by atoms with Crippen molar-refractivity contribution in [1.82, 2.24) is 30.2 Å². The predicted octanol–water partition coefficient (Wildman–Crippen LogP) is 2.55. The minimum Gasteiger partial charge on any atom is -0.581 e. The first-order chi connectivity index (χ1) is 14.1. The maximum atomic E-state index is 12.6. The number of halogens is 6. The van der Waals surface area contributed by atoms with Gasteiger partial charge in [0.05, 0.1) is 0 Å². The summed E-state index contributed by atoms with van der Waals surface area (Å²) in [5.74, 6) is 0.0743. The van der Waals surface area contributed by atoms with E-state index in [1.165, 1.54) is 22.2 Å². The Morgan fingerprint density at radius 1 is 0.710 bits per heavy atom. The van der Waals surface area contributed by atoms with Gasteiger partial charge in [0.1, 0.15) is 11.4 Å². The molecule has 0 amide bonds. The van der Waals surface area contributed by atoms with Crippen molar-refractivity contribution in [3.05, 3.63) is 61.7 Å². The van der Waals surface area contributed by atoms with Gasteiger partial charge in [-0.25, -0.2) is 13.3 Å². The normalized spacial score (nSPS) is 16.6. The first-order valence-electron chi connectivity index (χ1n) is 8.39. The smallest absolute Gasteiger partial charge is 0.581 e. The standard InChI is InChI=1S/C16H12F6N8.Pt/c17-15(18,19)11-7-13(25-23-11)29-5-3-27(9-29)1-2-28-4-6-30(10-28)14-8-12(24-26-14)16(20,21)22;/h3-10H,1-2H2;/q-4;+4. The molecule has 4 rings (SSSR count). The molecule has 0 fully saturated rings. The first-order valence-corrected chi connectivity index (χ1v) is 8.39. The molecule has 0 aliphatic carbocycles. The summed E-state index contributed by atoms with van der Waals surface area (Å²) >= 11 is 0. The molecule has 0 bridgehead atoms. The fourth-order valence-corrected chi connectivity index (χ4v) is 2.65. The van der Waals surface area contributed by atoms with E-state index in [-0.39, 0.29) is 32.7 Å². The molecule has 2 aliphatic rings. The second-order valence-corrected chi connectivity index (χ2v) is 6.29. The molecule has 4 heterocycles. The summed E-state index contributed by atoms with van der Waals surface area (Å²) in [6.45, 7) is 4.00. The van der Waals surface area contributed by atoms with Crippen molar-refractivity contribution < 1.29 is 47.4 Å². The molecule has 0 saturated heterocycles. The van der Waals surface area contributed by atoms with Crippen LogP contribution >= 0.6 is 0 Å². The summed E-state index contributed by atoms with van der Waals surface area (Å²) in [6, 6.07) is 1.69. The Kier molecular flexibility index (Phi) is 6.30. The Labute approximate surface area is 186 Å². The van der Waals surface area contributed by atoms with Crippen LogP contribution in [0.3, 0.4) is 0 Å². The fourth-order valence-electron chi connectivity index (χ4n) is 2.65. The molecule has 2 aliphatic heterocycles. The molecule has 0 saturated carbocycles. The van der Waals surface area contributed by atoms with Crippen molar-refractivity contribution in [3.63, 3.8) is 0 Å². The number of anilines is 2. The van der Waals surface area contributed by atoms with Crippen LogP contribution in [0.25, 0.3) is 0 Å². The van der Waals surface area contributed by atoms with Crippen LogP contribution in [0.5, 0.6) is 0 Å². The average Bonchev–Trinajstić information content (AvgIpc) is 3.45. The topological polar surface area (TPSA) is 66.9 Å². The quantitative estimate of drug-likeness (QED) is 0.372. The van der Waals surface area contributed by atoms with E-state index in [9.17, 15) is 26.3 Å². The third-order valence-corrected chi connectivity index (χ3v) is 4.16. The van der Waals surface area contributed by atoms with E-state index in [1.54, 1.807) is 35.5 Å². The van der Waals surface area contributed by atoms with Crippen molar-refractivity contribution in [2.75, 3.05) is 22.9 Å². The zero-order valence-corrected chi connectivity index (χ0v) is 17.5. The van der Waals surface area contributed by atoms with E-state index in [2.05, 4.69) is 20.4 Å². The van der Waals surface area contributed by atoms with Crippen molar-refractivity contribution >= 4 is 11.6 Å². The molecule has 0 atom stereocenters.